The molecule has 0 aliphatic carbocycles. The summed E-state index contributed by atoms with van der Waals surface area (Å²) in [5.41, 5.74) is 2.51. The van der Waals surface area contributed by atoms with E-state index in [1.54, 1.807) is 36.4 Å². The summed E-state index contributed by atoms with van der Waals surface area (Å²) < 4.78 is 10.8. The number of rotatable bonds is 11. The number of alkyl carbamates (subject to hydrolysis) is 1. The van der Waals surface area contributed by atoms with Crippen molar-refractivity contribution in [2.24, 2.45) is 0 Å². The zero-order chi connectivity index (χ0) is 24.2. The van der Waals surface area contributed by atoms with Gasteiger partial charge in [-0.25, -0.2) is 9.59 Å². The van der Waals surface area contributed by atoms with Crippen LogP contribution in [0.2, 0.25) is 0 Å². The molecule has 176 valence electrons. The third-order valence-electron chi connectivity index (χ3n) is 4.83. The number of benzene rings is 3. The van der Waals surface area contributed by atoms with Crippen molar-refractivity contribution in [3.63, 3.8) is 0 Å². The summed E-state index contributed by atoms with van der Waals surface area (Å²) in [6, 6.07) is 24.7. The van der Waals surface area contributed by atoms with E-state index in [1.165, 1.54) is 0 Å². The van der Waals surface area contributed by atoms with Gasteiger partial charge >= 0.3 is 12.1 Å². The maximum atomic E-state index is 12.2. The van der Waals surface area contributed by atoms with E-state index in [4.69, 9.17) is 9.47 Å². The lowest BCUT2D eigenvalue weighted by Crippen LogP contribution is -2.46. The van der Waals surface area contributed by atoms with Crippen LogP contribution in [-0.2, 0) is 34.0 Å². The molecule has 0 saturated carbocycles. The summed E-state index contributed by atoms with van der Waals surface area (Å²) in [4.78, 5) is 35.6. The Morgan fingerprint density at radius 2 is 1.41 bits per heavy atom. The van der Waals surface area contributed by atoms with Crippen LogP contribution in [0.5, 0.6) is 5.75 Å². The third-order valence-corrected chi connectivity index (χ3v) is 4.83. The minimum absolute atomic E-state index is 0.0576. The Kier molecular flexibility index (Phi) is 9.04. The molecule has 0 heterocycles. The summed E-state index contributed by atoms with van der Waals surface area (Å²) in [7, 11) is 0. The molecule has 3 aromatic rings. The van der Waals surface area contributed by atoms with Crippen LogP contribution in [0.4, 0.5) is 4.79 Å². The highest BCUT2D eigenvalue weighted by Crippen LogP contribution is 2.16. The number of hydrogen-bond donors (Lipinski definition) is 3. The quantitative estimate of drug-likeness (QED) is 0.403. The molecule has 8 heteroatoms. The molecular formula is C26H26N2O6. The van der Waals surface area contributed by atoms with Crippen LogP contribution in [0, 0.1) is 0 Å². The first-order valence-corrected chi connectivity index (χ1v) is 10.7. The monoisotopic (exact) mass is 462 g/mol. The molecule has 0 spiro atoms. The topological polar surface area (TPSA) is 114 Å². The summed E-state index contributed by atoms with van der Waals surface area (Å²) in [5.74, 6) is -1.23. The van der Waals surface area contributed by atoms with Crippen molar-refractivity contribution in [1.82, 2.24) is 10.6 Å². The Hall–Kier alpha value is -4.33. The number of nitrogens with one attached hydrogen (secondary N) is 2. The van der Waals surface area contributed by atoms with E-state index in [0.717, 1.165) is 11.1 Å². The number of carboxylic acids is 1. The molecule has 0 unspecified atom stereocenters. The minimum atomic E-state index is -1.18. The highest BCUT2D eigenvalue weighted by molar-refractivity contribution is 5.86. The maximum absolute atomic E-state index is 12.2. The summed E-state index contributed by atoms with van der Waals surface area (Å²) in [5, 5.41) is 14.3. The molecule has 1 atom stereocenters. The molecule has 3 N–H and O–H groups in total. The van der Waals surface area contributed by atoms with Gasteiger partial charge in [0.2, 0.25) is 5.91 Å². The van der Waals surface area contributed by atoms with Crippen LogP contribution in [0.25, 0.3) is 0 Å². The molecule has 34 heavy (non-hydrogen) atoms. The maximum Gasteiger partial charge on any atom is 0.407 e. The smallest absolute Gasteiger partial charge is 0.407 e. The number of carboxylic acid groups (broad SMARTS) is 1. The van der Waals surface area contributed by atoms with Crippen LogP contribution < -0.4 is 15.4 Å². The largest absolute Gasteiger partial charge is 0.489 e. The fraction of sp³-hybridized carbons (Fsp3) is 0.192. The Balaban J connectivity index is 1.46. The average molecular weight is 463 g/mol. The van der Waals surface area contributed by atoms with Crippen LogP contribution in [-0.4, -0.2) is 35.7 Å². The molecule has 0 fully saturated rings. The molecule has 2 amide bonds. The zero-order valence-electron chi connectivity index (χ0n) is 18.5. The van der Waals surface area contributed by atoms with Gasteiger partial charge in [-0.15, -0.1) is 0 Å². The number of amides is 2. The van der Waals surface area contributed by atoms with Gasteiger partial charge in [0.1, 0.15) is 31.5 Å². The van der Waals surface area contributed by atoms with Crippen LogP contribution in [0.3, 0.4) is 0 Å². The van der Waals surface area contributed by atoms with Crippen LogP contribution >= 0.6 is 0 Å². The Morgan fingerprint density at radius 1 is 0.794 bits per heavy atom. The average Bonchev–Trinajstić information content (AvgIpc) is 2.86. The summed E-state index contributed by atoms with van der Waals surface area (Å²) in [6.07, 6.45) is -0.712. The third kappa shape index (κ3) is 8.31. The summed E-state index contributed by atoms with van der Waals surface area (Å²) in [6.45, 7) is 0.0434. The second kappa shape index (κ2) is 12.6. The van der Waals surface area contributed by atoms with Gasteiger partial charge in [0, 0.05) is 6.42 Å². The molecule has 0 radical (unpaired) electrons. The van der Waals surface area contributed by atoms with E-state index in [9.17, 15) is 19.5 Å². The summed E-state index contributed by atoms with van der Waals surface area (Å²) >= 11 is 0. The van der Waals surface area contributed by atoms with Gasteiger partial charge in [-0.05, 0) is 28.8 Å². The predicted octanol–water partition coefficient (Wildman–Crippen LogP) is 3.30. The first kappa shape index (κ1) is 24.3. The number of hydrogen-bond acceptors (Lipinski definition) is 5. The number of aliphatic carboxylic acids is 1. The standard InChI is InChI=1S/C26H26N2O6/c29-24(16-27-26(32)34-18-20-10-5-2-6-11-20)28-23(25(30)31)15-21-12-7-13-22(14-21)33-17-19-8-3-1-4-9-19/h1-14,23H,15-18H2,(H,27,32)(H,28,29)(H,30,31)/t23-/m0/s1. The van der Waals surface area contributed by atoms with Gasteiger partial charge in [-0.3, -0.25) is 4.79 Å². The van der Waals surface area contributed by atoms with E-state index in [1.807, 2.05) is 48.5 Å². The van der Waals surface area contributed by atoms with E-state index in [2.05, 4.69) is 10.6 Å². The molecule has 0 saturated heterocycles. The highest BCUT2D eigenvalue weighted by Gasteiger charge is 2.21. The van der Waals surface area contributed by atoms with Gasteiger partial charge in [0.15, 0.2) is 0 Å². The Bertz CT molecular complexity index is 1090. The van der Waals surface area contributed by atoms with E-state index in [-0.39, 0.29) is 13.0 Å². The molecule has 0 bridgehead atoms. The van der Waals surface area contributed by atoms with Crippen molar-refractivity contribution in [3.8, 4) is 5.75 Å². The molecule has 3 rings (SSSR count). The molecule has 0 aliphatic heterocycles. The second-order valence-corrected chi connectivity index (χ2v) is 7.50. The van der Waals surface area contributed by atoms with Crippen LogP contribution in [0.1, 0.15) is 16.7 Å². The first-order valence-electron chi connectivity index (χ1n) is 10.7. The number of carbonyl (C=O) groups excluding carboxylic acids is 2. The van der Waals surface area contributed by atoms with Crippen molar-refractivity contribution in [1.29, 1.82) is 0 Å². The first-order chi connectivity index (χ1) is 16.5. The van der Waals surface area contributed by atoms with E-state index in [0.29, 0.717) is 17.9 Å². The fourth-order valence-electron chi connectivity index (χ4n) is 3.11. The van der Waals surface area contributed by atoms with Gasteiger partial charge in [0.25, 0.3) is 0 Å². The Labute approximate surface area is 197 Å². The van der Waals surface area contributed by atoms with Gasteiger partial charge in [0.05, 0.1) is 0 Å². The molecule has 0 aliphatic rings. The number of ether oxygens (including phenoxy) is 2. The second-order valence-electron chi connectivity index (χ2n) is 7.50. The zero-order valence-corrected chi connectivity index (χ0v) is 18.5. The lowest BCUT2D eigenvalue weighted by atomic mass is 10.1. The van der Waals surface area contributed by atoms with E-state index >= 15 is 0 Å². The fourth-order valence-corrected chi connectivity index (χ4v) is 3.11. The van der Waals surface area contributed by atoms with Crippen molar-refractivity contribution in [2.45, 2.75) is 25.7 Å². The Morgan fingerprint density at radius 3 is 2.06 bits per heavy atom. The molecule has 3 aromatic carbocycles. The number of carbonyl (C=O) groups is 3. The molecule has 8 nitrogen and oxygen atoms in total. The lowest BCUT2D eigenvalue weighted by Gasteiger charge is -2.16. The SMILES string of the molecule is O=C(CNC(=O)OCc1ccccc1)N[C@@H](Cc1cccc(OCc2ccccc2)c1)C(=O)O. The van der Waals surface area contributed by atoms with Crippen molar-refractivity contribution < 1.29 is 29.0 Å². The van der Waals surface area contributed by atoms with Crippen molar-refractivity contribution in [3.05, 3.63) is 102 Å². The van der Waals surface area contributed by atoms with Gasteiger partial charge in [-0.2, -0.15) is 0 Å². The normalized spacial score (nSPS) is 11.2. The molecule has 0 aromatic heterocycles. The van der Waals surface area contributed by atoms with Crippen LogP contribution in [0.15, 0.2) is 84.9 Å². The van der Waals surface area contributed by atoms with Crippen molar-refractivity contribution in [2.75, 3.05) is 6.54 Å². The molecular weight excluding hydrogens is 436 g/mol. The van der Waals surface area contributed by atoms with E-state index < -0.39 is 30.6 Å². The minimum Gasteiger partial charge on any atom is -0.489 e. The lowest BCUT2D eigenvalue weighted by molar-refractivity contribution is -0.141. The van der Waals surface area contributed by atoms with Crippen molar-refractivity contribution >= 4 is 18.0 Å². The predicted molar refractivity (Wildman–Crippen MR) is 125 cm³/mol. The van der Waals surface area contributed by atoms with Gasteiger partial charge in [-0.1, -0.05) is 72.8 Å². The highest BCUT2D eigenvalue weighted by atomic mass is 16.5. The van der Waals surface area contributed by atoms with Gasteiger partial charge < -0.3 is 25.2 Å².